The second-order valence-corrected chi connectivity index (χ2v) is 7.30. The number of amides is 2. The van der Waals surface area contributed by atoms with Gasteiger partial charge in [-0.3, -0.25) is 9.59 Å². The molecule has 0 saturated carbocycles. The van der Waals surface area contributed by atoms with E-state index in [1.54, 1.807) is 0 Å². The number of hydrogen-bond acceptors (Lipinski definition) is 3. The fraction of sp³-hybridized carbons (Fsp3) is 0.600. The van der Waals surface area contributed by atoms with Crippen molar-refractivity contribution in [3.63, 3.8) is 0 Å². The van der Waals surface area contributed by atoms with Gasteiger partial charge in [0.25, 0.3) is 5.91 Å². The van der Waals surface area contributed by atoms with Crippen molar-refractivity contribution in [3.8, 4) is 0 Å². The average Bonchev–Trinajstić information content (AvgIpc) is 3.16. The van der Waals surface area contributed by atoms with E-state index in [-0.39, 0.29) is 11.8 Å². The Balaban J connectivity index is 1.89. The van der Waals surface area contributed by atoms with Crippen LogP contribution in [-0.2, 0) is 4.79 Å². The summed E-state index contributed by atoms with van der Waals surface area (Å²) >= 11 is 0. The van der Waals surface area contributed by atoms with Gasteiger partial charge >= 0.3 is 0 Å². The number of anilines is 2. The molecular formula is C20H29N3O2. The second kappa shape index (κ2) is 7.89. The largest absolute Gasteiger partial charge is 0.371 e. The first-order chi connectivity index (χ1) is 12.1. The van der Waals surface area contributed by atoms with Crippen molar-refractivity contribution in [3.05, 3.63) is 23.8 Å². The third kappa shape index (κ3) is 4.14. The molecular weight excluding hydrogens is 314 g/mol. The number of benzene rings is 1. The van der Waals surface area contributed by atoms with Gasteiger partial charge in [0.1, 0.15) is 0 Å². The number of carbonyl (C=O) groups is 2. The Morgan fingerprint density at radius 3 is 2.44 bits per heavy atom. The van der Waals surface area contributed by atoms with Crippen LogP contribution < -0.4 is 10.2 Å². The first-order valence-electron chi connectivity index (χ1n) is 9.56. The van der Waals surface area contributed by atoms with E-state index in [9.17, 15) is 9.59 Å². The zero-order valence-electron chi connectivity index (χ0n) is 15.4. The van der Waals surface area contributed by atoms with Crippen molar-refractivity contribution in [1.82, 2.24) is 4.90 Å². The third-order valence-electron chi connectivity index (χ3n) is 5.35. The van der Waals surface area contributed by atoms with Gasteiger partial charge in [0.05, 0.1) is 5.56 Å². The van der Waals surface area contributed by atoms with E-state index in [2.05, 4.69) is 17.1 Å². The minimum Gasteiger partial charge on any atom is -0.371 e. The number of likely N-dealkylation sites (tertiary alicyclic amines) is 1. The summed E-state index contributed by atoms with van der Waals surface area (Å²) in [6, 6.07) is 5.79. The van der Waals surface area contributed by atoms with E-state index in [4.69, 9.17) is 0 Å². The van der Waals surface area contributed by atoms with Crippen molar-refractivity contribution in [1.29, 1.82) is 0 Å². The van der Waals surface area contributed by atoms with Gasteiger partial charge in [-0.05, 0) is 49.8 Å². The van der Waals surface area contributed by atoms with Crippen LogP contribution >= 0.6 is 0 Å². The summed E-state index contributed by atoms with van der Waals surface area (Å²) in [5.74, 6) is 0.815. The summed E-state index contributed by atoms with van der Waals surface area (Å²) in [6.07, 6.45) is 4.90. The summed E-state index contributed by atoms with van der Waals surface area (Å²) in [5.41, 5.74) is 2.45. The van der Waals surface area contributed by atoms with Crippen LogP contribution in [0.3, 0.4) is 0 Å². The summed E-state index contributed by atoms with van der Waals surface area (Å²) in [5, 5.41) is 2.89. The van der Waals surface area contributed by atoms with Gasteiger partial charge in [-0.15, -0.1) is 0 Å². The predicted molar refractivity (Wildman–Crippen MR) is 101 cm³/mol. The SMILES string of the molecule is CCC(=O)Nc1ccc(N2CCC(C)CC2)c(C(=O)N2CCCC2)c1. The zero-order valence-corrected chi connectivity index (χ0v) is 15.4. The van der Waals surface area contributed by atoms with Crippen LogP contribution in [0.25, 0.3) is 0 Å². The molecule has 0 atom stereocenters. The molecule has 1 aromatic rings. The molecule has 2 aliphatic heterocycles. The fourth-order valence-electron chi connectivity index (χ4n) is 3.65. The highest BCUT2D eigenvalue weighted by Gasteiger charge is 2.26. The quantitative estimate of drug-likeness (QED) is 0.910. The van der Waals surface area contributed by atoms with Crippen LogP contribution in [0.2, 0.25) is 0 Å². The van der Waals surface area contributed by atoms with Gasteiger partial charge in [-0.25, -0.2) is 0 Å². The lowest BCUT2D eigenvalue weighted by Crippen LogP contribution is -2.35. The number of carbonyl (C=O) groups excluding carboxylic acids is 2. The van der Waals surface area contributed by atoms with Crippen LogP contribution in [0.5, 0.6) is 0 Å². The highest BCUT2D eigenvalue weighted by molar-refractivity contribution is 6.02. The molecule has 0 aromatic heterocycles. The Kier molecular flexibility index (Phi) is 5.61. The summed E-state index contributed by atoms with van der Waals surface area (Å²) in [4.78, 5) is 29.1. The Bertz CT molecular complexity index is 630. The molecule has 25 heavy (non-hydrogen) atoms. The van der Waals surface area contributed by atoms with Gasteiger partial charge in [0.15, 0.2) is 0 Å². The molecule has 2 amide bonds. The lowest BCUT2D eigenvalue weighted by atomic mass is 9.97. The van der Waals surface area contributed by atoms with E-state index < -0.39 is 0 Å². The number of nitrogens with zero attached hydrogens (tertiary/aromatic N) is 2. The van der Waals surface area contributed by atoms with Gasteiger partial charge in [-0.2, -0.15) is 0 Å². The predicted octanol–water partition coefficient (Wildman–Crippen LogP) is 3.51. The van der Waals surface area contributed by atoms with Crippen molar-refractivity contribution in [2.24, 2.45) is 5.92 Å². The highest BCUT2D eigenvalue weighted by atomic mass is 16.2. The van der Waals surface area contributed by atoms with Crippen molar-refractivity contribution in [2.75, 3.05) is 36.4 Å². The maximum atomic E-state index is 13.1. The van der Waals surface area contributed by atoms with E-state index >= 15 is 0 Å². The monoisotopic (exact) mass is 343 g/mol. The number of nitrogens with one attached hydrogen (secondary N) is 1. The van der Waals surface area contributed by atoms with Crippen LogP contribution in [0.15, 0.2) is 18.2 Å². The maximum absolute atomic E-state index is 13.1. The van der Waals surface area contributed by atoms with Gasteiger partial charge in [0, 0.05) is 44.0 Å². The first kappa shape index (κ1) is 17.8. The van der Waals surface area contributed by atoms with E-state index in [0.29, 0.717) is 12.1 Å². The normalized spacial score (nSPS) is 18.5. The lowest BCUT2D eigenvalue weighted by molar-refractivity contribution is -0.115. The standard InChI is InChI=1S/C20H29N3O2/c1-3-19(24)21-16-6-7-18(22-12-8-15(2)9-13-22)17(14-16)20(25)23-10-4-5-11-23/h6-7,14-15H,3-5,8-13H2,1-2H3,(H,21,24). The van der Waals surface area contributed by atoms with E-state index in [1.165, 1.54) is 0 Å². The summed E-state index contributed by atoms with van der Waals surface area (Å²) < 4.78 is 0. The molecule has 136 valence electrons. The molecule has 2 heterocycles. The van der Waals surface area contributed by atoms with Crippen LogP contribution in [0.4, 0.5) is 11.4 Å². The Morgan fingerprint density at radius 1 is 1.12 bits per heavy atom. The molecule has 0 spiro atoms. The summed E-state index contributed by atoms with van der Waals surface area (Å²) in [6.45, 7) is 7.76. The van der Waals surface area contributed by atoms with E-state index in [0.717, 1.165) is 69.0 Å². The molecule has 5 nitrogen and oxygen atoms in total. The second-order valence-electron chi connectivity index (χ2n) is 7.30. The average molecular weight is 343 g/mol. The fourth-order valence-corrected chi connectivity index (χ4v) is 3.65. The van der Waals surface area contributed by atoms with Crippen molar-refractivity contribution >= 4 is 23.2 Å². The molecule has 0 bridgehead atoms. The molecule has 0 unspecified atom stereocenters. The Morgan fingerprint density at radius 2 is 1.80 bits per heavy atom. The summed E-state index contributed by atoms with van der Waals surface area (Å²) in [7, 11) is 0. The number of piperidine rings is 1. The number of rotatable bonds is 4. The van der Waals surface area contributed by atoms with Gasteiger partial charge in [-0.1, -0.05) is 13.8 Å². The molecule has 3 rings (SSSR count). The Hall–Kier alpha value is -2.04. The van der Waals surface area contributed by atoms with Crippen LogP contribution in [0, 0.1) is 5.92 Å². The third-order valence-corrected chi connectivity index (χ3v) is 5.35. The number of hydrogen-bond donors (Lipinski definition) is 1. The highest BCUT2D eigenvalue weighted by Crippen LogP contribution is 2.30. The van der Waals surface area contributed by atoms with Crippen LogP contribution in [-0.4, -0.2) is 42.9 Å². The maximum Gasteiger partial charge on any atom is 0.256 e. The lowest BCUT2D eigenvalue weighted by Gasteiger charge is -2.34. The topological polar surface area (TPSA) is 52.7 Å². The molecule has 2 aliphatic rings. The van der Waals surface area contributed by atoms with Gasteiger partial charge < -0.3 is 15.1 Å². The molecule has 2 saturated heterocycles. The van der Waals surface area contributed by atoms with Gasteiger partial charge in [0.2, 0.25) is 5.91 Å². The van der Waals surface area contributed by atoms with Crippen molar-refractivity contribution < 1.29 is 9.59 Å². The van der Waals surface area contributed by atoms with E-state index in [1.807, 2.05) is 30.0 Å². The minimum atomic E-state index is -0.0286. The molecule has 1 aromatic carbocycles. The smallest absolute Gasteiger partial charge is 0.256 e. The van der Waals surface area contributed by atoms with Crippen molar-refractivity contribution in [2.45, 2.75) is 46.0 Å². The molecule has 5 heteroatoms. The minimum absolute atomic E-state index is 0.0286. The first-order valence-corrected chi connectivity index (χ1v) is 9.56. The molecule has 0 radical (unpaired) electrons. The Labute approximate surface area is 150 Å². The van der Waals surface area contributed by atoms with Crippen LogP contribution in [0.1, 0.15) is 56.3 Å². The molecule has 2 fully saturated rings. The molecule has 0 aliphatic carbocycles. The zero-order chi connectivity index (χ0) is 17.8. The molecule has 1 N–H and O–H groups in total.